The Bertz CT molecular complexity index is 486. The molecule has 0 bridgehead atoms. The van der Waals surface area contributed by atoms with Crippen molar-refractivity contribution in [1.29, 1.82) is 0 Å². The van der Waals surface area contributed by atoms with Gasteiger partial charge in [0, 0.05) is 23.5 Å². The minimum absolute atomic E-state index is 0.249. The lowest BCUT2D eigenvalue weighted by Crippen LogP contribution is -2.35. The summed E-state index contributed by atoms with van der Waals surface area (Å²) in [5, 5.41) is 2.53. The molecule has 0 aliphatic heterocycles. The first kappa shape index (κ1) is 15.4. The van der Waals surface area contributed by atoms with Crippen LogP contribution in [0.2, 0.25) is 0 Å². The van der Waals surface area contributed by atoms with Gasteiger partial charge in [-0.25, -0.2) is 13.2 Å². The van der Waals surface area contributed by atoms with Gasteiger partial charge in [-0.3, -0.25) is 4.79 Å². The van der Waals surface area contributed by atoms with Gasteiger partial charge in [-0.2, -0.15) is 0 Å². The van der Waals surface area contributed by atoms with Crippen LogP contribution >= 0.6 is 15.9 Å². The largest absolute Gasteiger partial charge is 0.352 e. The third-order valence-corrected chi connectivity index (χ3v) is 4.78. The molecule has 1 amide bonds. The molecule has 1 aliphatic carbocycles. The van der Waals surface area contributed by atoms with Gasteiger partial charge in [-0.15, -0.1) is 0 Å². The molecule has 0 saturated heterocycles. The summed E-state index contributed by atoms with van der Waals surface area (Å²) in [5.74, 6) is -3.99. The van der Waals surface area contributed by atoms with E-state index in [-0.39, 0.29) is 5.92 Å². The van der Waals surface area contributed by atoms with Gasteiger partial charge in [0.15, 0.2) is 0 Å². The number of hydrogen-bond donors (Lipinski definition) is 1. The maximum Gasteiger partial charge on any atom is 0.257 e. The van der Waals surface area contributed by atoms with Crippen molar-refractivity contribution in [2.24, 2.45) is 5.92 Å². The Hall–Kier alpha value is -1.04. The lowest BCUT2D eigenvalue weighted by atomic mass is 9.89. The summed E-state index contributed by atoms with van der Waals surface area (Å²) in [5.41, 5.74) is -0.728. The second-order valence-electron chi connectivity index (χ2n) is 5.01. The molecular weight excluding hydrogens is 335 g/mol. The number of carbonyl (C=O) groups excluding carboxylic acids is 1. The highest BCUT2D eigenvalue weighted by molar-refractivity contribution is 9.09. The third kappa shape index (κ3) is 3.53. The molecule has 1 aromatic rings. The van der Waals surface area contributed by atoms with E-state index in [1.165, 1.54) is 0 Å². The molecule has 1 aromatic carbocycles. The Kier molecular flexibility index (Phi) is 5.07. The van der Waals surface area contributed by atoms with E-state index in [4.69, 9.17) is 0 Å². The molecule has 6 heteroatoms. The smallest absolute Gasteiger partial charge is 0.257 e. The monoisotopic (exact) mass is 349 g/mol. The summed E-state index contributed by atoms with van der Waals surface area (Å²) < 4.78 is 39.7. The first-order valence-corrected chi connectivity index (χ1v) is 7.47. The van der Waals surface area contributed by atoms with Crippen molar-refractivity contribution >= 4 is 21.8 Å². The van der Waals surface area contributed by atoms with Crippen molar-refractivity contribution in [3.8, 4) is 0 Å². The third-order valence-electron chi connectivity index (χ3n) is 3.58. The van der Waals surface area contributed by atoms with Gasteiger partial charge in [0.1, 0.15) is 23.0 Å². The van der Waals surface area contributed by atoms with Crippen LogP contribution in [0.1, 0.15) is 36.0 Å². The predicted molar refractivity (Wildman–Crippen MR) is 73.3 cm³/mol. The van der Waals surface area contributed by atoms with Crippen LogP contribution in [0.15, 0.2) is 12.1 Å². The molecule has 20 heavy (non-hydrogen) atoms. The Morgan fingerprint density at radius 1 is 1.20 bits per heavy atom. The van der Waals surface area contributed by atoms with Crippen molar-refractivity contribution in [2.45, 2.75) is 30.5 Å². The van der Waals surface area contributed by atoms with Crippen molar-refractivity contribution in [2.75, 3.05) is 6.54 Å². The van der Waals surface area contributed by atoms with Crippen LogP contribution in [0.5, 0.6) is 0 Å². The molecule has 0 heterocycles. The lowest BCUT2D eigenvalue weighted by molar-refractivity contribution is 0.0936. The number of halogens is 4. The van der Waals surface area contributed by atoms with Crippen LogP contribution in [-0.4, -0.2) is 17.3 Å². The normalized spacial score (nSPS) is 22.6. The average molecular weight is 350 g/mol. The van der Waals surface area contributed by atoms with E-state index in [0.29, 0.717) is 23.5 Å². The van der Waals surface area contributed by atoms with Gasteiger partial charge in [-0.1, -0.05) is 28.8 Å². The van der Waals surface area contributed by atoms with Crippen LogP contribution in [0.3, 0.4) is 0 Å². The zero-order valence-electron chi connectivity index (χ0n) is 10.8. The van der Waals surface area contributed by atoms with Crippen molar-refractivity contribution in [3.05, 3.63) is 35.1 Å². The van der Waals surface area contributed by atoms with Crippen LogP contribution in [0.4, 0.5) is 13.2 Å². The van der Waals surface area contributed by atoms with E-state index in [2.05, 4.69) is 21.2 Å². The van der Waals surface area contributed by atoms with E-state index < -0.39 is 28.9 Å². The van der Waals surface area contributed by atoms with Crippen LogP contribution in [0.25, 0.3) is 0 Å². The molecule has 2 atom stereocenters. The fourth-order valence-electron chi connectivity index (χ4n) is 2.46. The first-order chi connectivity index (χ1) is 9.49. The van der Waals surface area contributed by atoms with Crippen molar-refractivity contribution in [1.82, 2.24) is 5.32 Å². The molecule has 110 valence electrons. The number of nitrogens with one attached hydrogen (secondary N) is 1. The SMILES string of the molecule is O=C(NCC1CCCCC1Br)c1c(F)cc(F)cc1F. The summed E-state index contributed by atoms with van der Waals surface area (Å²) in [4.78, 5) is 12.1. The Labute approximate surface area is 123 Å². The molecule has 0 radical (unpaired) electrons. The van der Waals surface area contributed by atoms with E-state index in [1.807, 2.05) is 0 Å². The summed E-state index contributed by atoms with van der Waals surface area (Å²) >= 11 is 3.55. The number of amides is 1. The molecule has 1 saturated carbocycles. The number of benzene rings is 1. The van der Waals surface area contributed by atoms with Gasteiger partial charge < -0.3 is 5.32 Å². The second-order valence-corrected chi connectivity index (χ2v) is 6.19. The Balaban J connectivity index is 2.02. The highest BCUT2D eigenvalue weighted by Gasteiger charge is 2.25. The Morgan fingerprint density at radius 2 is 1.80 bits per heavy atom. The summed E-state index contributed by atoms with van der Waals surface area (Å²) in [6, 6.07) is 1.01. The number of alkyl halides is 1. The topological polar surface area (TPSA) is 29.1 Å². The maximum absolute atomic E-state index is 13.5. The molecule has 0 aromatic heterocycles. The molecule has 1 N–H and O–H groups in total. The molecule has 0 spiro atoms. The van der Waals surface area contributed by atoms with E-state index in [0.717, 1.165) is 25.7 Å². The summed E-state index contributed by atoms with van der Waals surface area (Å²) in [6.45, 7) is 0.352. The van der Waals surface area contributed by atoms with E-state index in [9.17, 15) is 18.0 Å². The first-order valence-electron chi connectivity index (χ1n) is 6.56. The Morgan fingerprint density at radius 3 is 2.40 bits per heavy atom. The van der Waals surface area contributed by atoms with Crippen LogP contribution in [0, 0.1) is 23.4 Å². The maximum atomic E-state index is 13.5. The fraction of sp³-hybridized carbons (Fsp3) is 0.500. The second kappa shape index (κ2) is 6.61. The molecule has 2 nitrogen and oxygen atoms in total. The summed E-state index contributed by atoms with van der Waals surface area (Å²) in [6.07, 6.45) is 4.22. The quantitative estimate of drug-likeness (QED) is 0.826. The number of rotatable bonds is 3. The highest BCUT2D eigenvalue weighted by Crippen LogP contribution is 2.29. The van der Waals surface area contributed by atoms with E-state index >= 15 is 0 Å². The lowest BCUT2D eigenvalue weighted by Gasteiger charge is -2.27. The molecule has 1 fully saturated rings. The van der Waals surface area contributed by atoms with E-state index in [1.54, 1.807) is 0 Å². The van der Waals surface area contributed by atoms with Gasteiger partial charge in [0.05, 0.1) is 0 Å². The average Bonchev–Trinajstić information content (AvgIpc) is 2.36. The zero-order chi connectivity index (χ0) is 14.7. The molecule has 1 aliphatic rings. The standard InChI is InChI=1S/C14H15BrF3NO/c15-10-4-2-1-3-8(10)7-19-14(20)13-11(17)5-9(16)6-12(13)18/h5-6,8,10H,1-4,7H2,(H,19,20). The van der Waals surface area contributed by atoms with Crippen LogP contribution in [-0.2, 0) is 0 Å². The molecule has 2 rings (SSSR count). The fourth-order valence-corrected chi connectivity index (χ4v) is 3.24. The highest BCUT2D eigenvalue weighted by atomic mass is 79.9. The minimum atomic E-state index is -1.18. The predicted octanol–water partition coefficient (Wildman–Crippen LogP) is 3.79. The van der Waals surface area contributed by atoms with Gasteiger partial charge >= 0.3 is 0 Å². The van der Waals surface area contributed by atoms with Crippen molar-refractivity contribution < 1.29 is 18.0 Å². The van der Waals surface area contributed by atoms with Crippen LogP contribution < -0.4 is 5.32 Å². The molecule has 2 unspecified atom stereocenters. The number of hydrogen-bond acceptors (Lipinski definition) is 1. The molecular formula is C14H15BrF3NO. The van der Waals surface area contributed by atoms with Gasteiger partial charge in [0.2, 0.25) is 0 Å². The zero-order valence-corrected chi connectivity index (χ0v) is 12.4. The number of carbonyl (C=O) groups is 1. The summed E-state index contributed by atoms with van der Waals surface area (Å²) in [7, 11) is 0. The van der Waals surface area contributed by atoms with Gasteiger partial charge in [0.25, 0.3) is 5.91 Å². The minimum Gasteiger partial charge on any atom is -0.352 e. The van der Waals surface area contributed by atoms with Crippen molar-refractivity contribution in [3.63, 3.8) is 0 Å². The van der Waals surface area contributed by atoms with Gasteiger partial charge in [-0.05, 0) is 18.8 Å².